The Morgan fingerprint density at radius 2 is 2.07 bits per heavy atom. The second-order valence-electron chi connectivity index (χ2n) is 5.84. The molecule has 1 aromatic carbocycles. The van der Waals surface area contributed by atoms with Crippen LogP contribution >= 0.6 is 24.0 Å². The number of alkyl halides is 3. The van der Waals surface area contributed by atoms with Crippen molar-refractivity contribution < 1.29 is 17.9 Å². The topological polar surface area (TPSA) is 76.4 Å². The second-order valence-corrected chi connectivity index (χ2v) is 5.84. The highest BCUT2D eigenvalue weighted by Crippen LogP contribution is 2.31. The fourth-order valence-electron chi connectivity index (χ4n) is 2.27. The van der Waals surface area contributed by atoms with Gasteiger partial charge in [0.1, 0.15) is 18.2 Å². The van der Waals surface area contributed by atoms with E-state index >= 15 is 0 Å². The van der Waals surface area contributed by atoms with E-state index in [4.69, 9.17) is 4.74 Å². The number of aryl methyl sites for hydroxylation is 1. The summed E-state index contributed by atoms with van der Waals surface area (Å²) in [5.41, 5.74) is -0.732. The zero-order valence-corrected chi connectivity index (χ0v) is 18.2. The van der Waals surface area contributed by atoms with E-state index in [-0.39, 0.29) is 35.8 Å². The molecule has 0 spiro atoms. The lowest BCUT2D eigenvalue weighted by Gasteiger charge is -2.20. The molecule has 7 nitrogen and oxygen atoms in total. The van der Waals surface area contributed by atoms with Crippen molar-refractivity contribution in [2.45, 2.75) is 32.2 Å². The fourth-order valence-corrected chi connectivity index (χ4v) is 2.27. The van der Waals surface area contributed by atoms with E-state index in [1.165, 1.54) is 12.1 Å². The van der Waals surface area contributed by atoms with Crippen LogP contribution in [-0.2, 0) is 19.8 Å². The Bertz CT molecular complexity index is 765. The lowest BCUT2D eigenvalue weighted by Crippen LogP contribution is -2.42. The van der Waals surface area contributed by atoms with Crippen LogP contribution in [0, 0.1) is 0 Å². The molecule has 0 aliphatic carbocycles. The lowest BCUT2D eigenvalue weighted by molar-refractivity contribution is -0.137. The lowest BCUT2D eigenvalue weighted by atomic mass is 10.2. The van der Waals surface area contributed by atoms with Gasteiger partial charge in [-0.15, -0.1) is 34.2 Å². The van der Waals surface area contributed by atoms with Crippen LogP contribution in [0.4, 0.5) is 13.2 Å². The van der Waals surface area contributed by atoms with Gasteiger partial charge in [-0.3, -0.25) is 4.99 Å². The van der Waals surface area contributed by atoms with Gasteiger partial charge in [0.15, 0.2) is 11.8 Å². The van der Waals surface area contributed by atoms with Gasteiger partial charge in [0.05, 0.1) is 18.7 Å². The van der Waals surface area contributed by atoms with E-state index in [0.717, 1.165) is 18.0 Å². The van der Waals surface area contributed by atoms with Crippen molar-refractivity contribution in [1.82, 2.24) is 25.4 Å². The number of halogens is 4. The minimum Gasteiger partial charge on any atom is -0.489 e. The molecular formula is C17H24F3IN6O. The molecule has 1 aromatic heterocycles. The number of aliphatic imine (C=N–C) groups is 1. The van der Waals surface area contributed by atoms with Crippen LogP contribution in [0.1, 0.15) is 24.7 Å². The Kier molecular flexibility index (Phi) is 9.49. The maximum absolute atomic E-state index is 12.8. The number of nitrogens with zero attached hydrogens (tertiary/aromatic N) is 4. The van der Waals surface area contributed by atoms with Crippen molar-refractivity contribution in [3.05, 3.63) is 42.0 Å². The predicted molar refractivity (Wildman–Crippen MR) is 111 cm³/mol. The highest BCUT2D eigenvalue weighted by molar-refractivity contribution is 14.0. The molecule has 0 aliphatic heterocycles. The first kappa shape index (κ1) is 24.0. The Labute approximate surface area is 178 Å². The molecule has 0 bridgehead atoms. The summed E-state index contributed by atoms with van der Waals surface area (Å²) in [5.74, 6) is 1.45. The number of hydrogen-bond acceptors (Lipinski definition) is 4. The molecule has 0 fully saturated rings. The minimum atomic E-state index is -4.40. The fraction of sp³-hybridized carbons (Fsp3) is 0.471. The summed E-state index contributed by atoms with van der Waals surface area (Å²) in [6.45, 7) is 2.71. The maximum Gasteiger partial charge on any atom is 0.416 e. The molecule has 1 unspecified atom stereocenters. The van der Waals surface area contributed by atoms with Crippen LogP contribution in [0.5, 0.6) is 5.75 Å². The highest BCUT2D eigenvalue weighted by Gasteiger charge is 2.30. The quantitative estimate of drug-likeness (QED) is 0.339. The Morgan fingerprint density at radius 1 is 1.32 bits per heavy atom. The molecule has 1 heterocycles. The second kappa shape index (κ2) is 11.1. The molecule has 0 aliphatic rings. The average molecular weight is 512 g/mol. The molecule has 1 atom stereocenters. The van der Waals surface area contributed by atoms with Gasteiger partial charge in [0.25, 0.3) is 0 Å². The third kappa shape index (κ3) is 7.17. The van der Waals surface area contributed by atoms with Gasteiger partial charge in [-0.05, 0) is 24.6 Å². The molecule has 0 saturated heterocycles. The van der Waals surface area contributed by atoms with Gasteiger partial charge < -0.3 is 19.9 Å². The molecule has 11 heteroatoms. The Balaban J connectivity index is 0.00000392. The van der Waals surface area contributed by atoms with Crippen molar-refractivity contribution in [2.75, 3.05) is 13.6 Å². The van der Waals surface area contributed by atoms with E-state index < -0.39 is 11.7 Å². The van der Waals surface area contributed by atoms with E-state index in [9.17, 15) is 13.2 Å². The Hall–Kier alpha value is -2.05. The van der Waals surface area contributed by atoms with Crippen LogP contribution in [-0.4, -0.2) is 40.4 Å². The standard InChI is InChI=1S/C17H23F3N6O.HI/c1-4-13(27-14-7-5-6-12(8-14)17(18,19)20)9-22-16(21-2)23-10-15-25-24-11-26(15)3;/h5-8,11,13H,4,9-10H2,1-3H3,(H2,21,22,23);1H. The van der Waals surface area contributed by atoms with Crippen LogP contribution in [0.15, 0.2) is 35.6 Å². The van der Waals surface area contributed by atoms with Gasteiger partial charge in [-0.25, -0.2) is 0 Å². The van der Waals surface area contributed by atoms with Crippen molar-refractivity contribution >= 4 is 29.9 Å². The van der Waals surface area contributed by atoms with Crippen LogP contribution in [0.3, 0.4) is 0 Å². The summed E-state index contributed by atoms with van der Waals surface area (Å²) in [4.78, 5) is 4.11. The van der Waals surface area contributed by atoms with Gasteiger partial charge in [-0.1, -0.05) is 13.0 Å². The zero-order chi connectivity index (χ0) is 19.9. The maximum atomic E-state index is 12.8. The van der Waals surface area contributed by atoms with Gasteiger partial charge in [0, 0.05) is 14.1 Å². The predicted octanol–water partition coefficient (Wildman–Crippen LogP) is 2.97. The monoisotopic (exact) mass is 512 g/mol. The summed E-state index contributed by atoms with van der Waals surface area (Å²) in [6.07, 6.45) is -2.50. The normalized spacial score (nSPS) is 12.9. The smallest absolute Gasteiger partial charge is 0.416 e. The number of benzene rings is 1. The third-order valence-electron chi connectivity index (χ3n) is 3.86. The van der Waals surface area contributed by atoms with Gasteiger partial charge in [0.2, 0.25) is 0 Å². The van der Waals surface area contributed by atoms with Crippen molar-refractivity contribution in [1.29, 1.82) is 0 Å². The number of hydrogen-bond donors (Lipinski definition) is 2. The number of aromatic nitrogens is 3. The first-order valence-corrected chi connectivity index (χ1v) is 8.44. The minimum absolute atomic E-state index is 0. The highest BCUT2D eigenvalue weighted by atomic mass is 127. The molecule has 28 heavy (non-hydrogen) atoms. The largest absolute Gasteiger partial charge is 0.489 e. The summed E-state index contributed by atoms with van der Waals surface area (Å²) in [7, 11) is 3.46. The van der Waals surface area contributed by atoms with Crippen LogP contribution in [0.2, 0.25) is 0 Å². The molecule has 0 saturated carbocycles. The molecule has 2 N–H and O–H groups in total. The van der Waals surface area contributed by atoms with Gasteiger partial charge in [-0.2, -0.15) is 13.2 Å². The van der Waals surface area contributed by atoms with Crippen LogP contribution < -0.4 is 15.4 Å². The number of rotatable bonds is 7. The molecular weight excluding hydrogens is 488 g/mol. The van der Waals surface area contributed by atoms with Crippen molar-refractivity contribution in [3.8, 4) is 5.75 Å². The molecule has 2 aromatic rings. The molecule has 156 valence electrons. The first-order chi connectivity index (χ1) is 12.8. The SMILES string of the molecule is CCC(CNC(=NC)NCc1nncn1C)Oc1cccc(C(F)(F)F)c1.I. The van der Waals surface area contributed by atoms with E-state index in [1.807, 2.05) is 14.0 Å². The zero-order valence-electron chi connectivity index (χ0n) is 15.8. The summed E-state index contributed by atoms with van der Waals surface area (Å²) >= 11 is 0. The first-order valence-electron chi connectivity index (χ1n) is 8.44. The number of guanidine groups is 1. The third-order valence-corrected chi connectivity index (χ3v) is 3.86. The average Bonchev–Trinajstić information content (AvgIpc) is 3.05. The molecule has 0 radical (unpaired) electrons. The molecule has 0 amide bonds. The van der Waals surface area contributed by atoms with E-state index in [2.05, 4.69) is 25.8 Å². The number of nitrogens with one attached hydrogen (secondary N) is 2. The van der Waals surface area contributed by atoms with E-state index in [0.29, 0.717) is 25.5 Å². The van der Waals surface area contributed by atoms with Gasteiger partial charge >= 0.3 is 6.18 Å². The summed E-state index contributed by atoms with van der Waals surface area (Å²) in [5, 5.41) is 14.0. The molecule has 2 rings (SSSR count). The van der Waals surface area contributed by atoms with Crippen molar-refractivity contribution in [3.63, 3.8) is 0 Å². The van der Waals surface area contributed by atoms with E-state index in [1.54, 1.807) is 17.9 Å². The summed E-state index contributed by atoms with van der Waals surface area (Å²) in [6, 6.07) is 4.87. The number of ether oxygens (including phenoxy) is 1. The Morgan fingerprint density at radius 3 is 2.64 bits per heavy atom. The van der Waals surface area contributed by atoms with Crippen LogP contribution in [0.25, 0.3) is 0 Å². The van der Waals surface area contributed by atoms with Crippen molar-refractivity contribution in [2.24, 2.45) is 12.0 Å². The summed E-state index contributed by atoms with van der Waals surface area (Å²) < 4.78 is 45.9.